The number of esters is 1. The summed E-state index contributed by atoms with van der Waals surface area (Å²) in [6.07, 6.45) is 3.17. The minimum absolute atomic E-state index is 0.274. The van der Waals surface area contributed by atoms with Crippen molar-refractivity contribution in [1.29, 1.82) is 0 Å². The van der Waals surface area contributed by atoms with Crippen molar-refractivity contribution in [2.24, 2.45) is 0 Å². The molecule has 0 atom stereocenters. The van der Waals surface area contributed by atoms with E-state index in [1.807, 2.05) is 47.2 Å². The lowest BCUT2D eigenvalue weighted by Gasteiger charge is -2.01. The van der Waals surface area contributed by atoms with Gasteiger partial charge in [-0.3, -0.25) is 10.1 Å². The lowest BCUT2D eigenvalue weighted by Crippen LogP contribution is -2.07. The number of thiophene rings is 1. The molecule has 1 amide bonds. The quantitative estimate of drug-likeness (QED) is 0.494. The Kier molecular flexibility index (Phi) is 5.93. The molecule has 1 N–H and O–H groups in total. The molecule has 5 nitrogen and oxygen atoms in total. The van der Waals surface area contributed by atoms with Gasteiger partial charge in [0.05, 0.1) is 12.3 Å². The predicted molar refractivity (Wildman–Crippen MR) is 105 cm³/mol. The zero-order valence-electron chi connectivity index (χ0n) is 14.0. The molecule has 3 rings (SSSR count). The molecule has 2 aromatic heterocycles. The van der Waals surface area contributed by atoms with Crippen LogP contribution in [0.2, 0.25) is 0 Å². The summed E-state index contributed by atoms with van der Waals surface area (Å²) in [7, 11) is 0. The number of nitrogens with one attached hydrogen (secondary N) is 1. The molecule has 1 aromatic carbocycles. The van der Waals surface area contributed by atoms with E-state index in [4.69, 9.17) is 4.74 Å². The molecular weight excluding hydrogens is 368 g/mol. The van der Waals surface area contributed by atoms with Crippen LogP contribution in [0.4, 0.5) is 5.13 Å². The maximum Gasteiger partial charge on any atom is 0.350 e. The fourth-order valence-corrected chi connectivity index (χ4v) is 3.70. The van der Waals surface area contributed by atoms with Crippen molar-refractivity contribution in [2.45, 2.75) is 6.92 Å². The van der Waals surface area contributed by atoms with Crippen LogP contribution in [0.15, 0.2) is 53.2 Å². The minimum Gasteiger partial charge on any atom is -0.462 e. The molecule has 0 saturated carbocycles. The monoisotopic (exact) mass is 384 g/mol. The number of benzene rings is 1. The maximum absolute atomic E-state index is 12.2. The van der Waals surface area contributed by atoms with E-state index in [1.165, 1.54) is 6.08 Å². The van der Waals surface area contributed by atoms with Crippen LogP contribution in [-0.2, 0) is 9.53 Å². The van der Waals surface area contributed by atoms with Crippen molar-refractivity contribution < 1.29 is 14.3 Å². The molecule has 0 bridgehead atoms. The SMILES string of the molecule is CCOC(=O)c1sc(NC(=O)/C=C/c2ccsc2)nc1-c1ccccc1. The number of thiazole rings is 1. The second kappa shape index (κ2) is 8.55. The molecule has 0 spiro atoms. The van der Waals surface area contributed by atoms with Gasteiger partial charge in [-0.05, 0) is 35.4 Å². The smallest absolute Gasteiger partial charge is 0.350 e. The largest absolute Gasteiger partial charge is 0.462 e. The molecule has 0 aliphatic heterocycles. The highest BCUT2D eigenvalue weighted by atomic mass is 32.1. The number of aromatic nitrogens is 1. The van der Waals surface area contributed by atoms with Gasteiger partial charge in [-0.2, -0.15) is 11.3 Å². The third-order valence-corrected chi connectivity index (χ3v) is 4.99. The fourth-order valence-electron chi connectivity index (χ4n) is 2.19. The second-order valence-corrected chi connectivity index (χ2v) is 6.94. The van der Waals surface area contributed by atoms with Crippen LogP contribution in [0.1, 0.15) is 22.2 Å². The minimum atomic E-state index is -0.446. The zero-order valence-corrected chi connectivity index (χ0v) is 15.6. The van der Waals surface area contributed by atoms with Gasteiger partial charge in [-0.15, -0.1) is 0 Å². The second-order valence-electron chi connectivity index (χ2n) is 5.16. The Morgan fingerprint density at radius 3 is 2.73 bits per heavy atom. The van der Waals surface area contributed by atoms with E-state index < -0.39 is 5.97 Å². The van der Waals surface area contributed by atoms with Crippen LogP contribution in [-0.4, -0.2) is 23.5 Å². The van der Waals surface area contributed by atoms with Crippen molar-refractivity contribution in [3.8, 4) is 11.3 Å². The summed E-state index contributed by atoms with van der Waals surface area (Å²) in [4.78, 5) is 29.2. The van der Waals surface area contributed by atoms with Crippen molar-refractivity contribution >= 4 is 45.8 Å². The average molecular weight is 384 g/mol. The summed E-state index contributed by atoms with van der Waals surface area (Å²) in [5, 5.41) is 6.95. The van der Waals surface area contributed by atoms with Gasteiger partial charge in [0, 0.05) is 11.6 Å². The van der Waals surface area contributed by atoms with Crippen LogP contribution in [0.25, 0.3) is 17.3 Å². The Morgan fingerprint density at radius 1 is 1.23 bits per heavy atom. The van der Waals surface area contributed by atoms with E-state index in [-0.39, 0.29) is 12.5 Å². The van der Waals surface area contributed by atoms with Crippen molar-refractivity contribution in [3.63, 3.8) is 0 Å². The van der Waals surface area contributed by atoms with Crippen LogP contribution < -0.4 is 5.32 Å². The van der Waals surface area contributed by atoms with Gasteiger partial charge in [0.1, 0.15) is 4.88 Å². The molecule has 2 heterocycles. The first kappa shape index (κ1) is 18.0. The molecule has 0 unspecified atom stereocenters. The van der Waals surface area contributed by atoms with E-state index in [0.717, 1.165) is 22.5 Å². The highest BCUT2D eigenvalue weighted by Gasteiger charge is 2.21. The van der Waals surface area contributed by atoms with Gasteiger partial charge < -0.3 is 4.74 Å². The Morgan fingerprint density at radius 2 is 2.04 bits per heavy atom. The number of hydrogen-bond acceptors (Lipinski definition) is 6. The predicted octanol–water partition coefficient (Wildman–Crippen LogP) is 4.70. The summed E-state index contributed by atoms with van der Waals surface area (Å²) in [6, 6.07) is 11.3. The molecule has 0 fully saturated rings. The topological polar surface area (TPSA) is 68.3 Å². The molecule has 26 heavy (non-hydrogen) atoms. The van der Waals surface area contributed by atoms with Gasteiger partial charge >= 0.3 is 5.97 Å². The van der Waals surface area contributed by atoms with E-state index >= 15 is 0 Å². The lowest BCUT2D eigenvalue weighted by molar-refractivity contribution is -0.111. The molecule has 7 heteroatoms. The standard InChI is InChI=1S/C19H16N2O3S2/c1-2-24-18(23)17-16(14-6-4-3-5-7-14)21-19(26-17)20-15(22)9-8-13-10-11-25-12-13/h3-12H,2H2,1H3,(H,20,21,22)/b9-8+. The number of carbonyl (C=O) groups is 2. The first-order valence-electron chi connectivity index (χ1n) is 7.92. The van der Waals surface area contributed by atoms with Gasteiger partial charge in [0.2, 0.25) is 5.91 Å². The number of carbonyl (C=O) groups excluding carboxylic acids is 2. The Hall–Kier alpha value is -2.77. The first-order chi connectivity index (χ1) is 12.7. The lowest BCUT2D eigenvalue weighted by atomic mass is 10.1. The third-order valence-electron chi connectivity index (χ3n) is 3.34. The van der Waals surface area contributed by atoms with Crippen LogP contribution >= 0.6 is 22.7 Å². The molecule has 0 radical (unpaired) electrons. The van der Waals surface area contributed by atoms with Crippen LogP contribution in [0.5, 0.6) is 0 Å². The average Bonchev–Trinajstić information content (AvgIpc) is 3.31. The van der Waals surface area contributed by atoms with Crippen molar-refractivity contribution in [1.82, 2.24) is 4.98 Å². The van der Waals surface area contributed by atoms with Crippen molar-refractivity contribution in [2.75, 3.05) is 11.9 Å². The maximum atomic E-state index is 12.2. The van der Waals surface area contributed by atoms with Crippen molar-refractivity contribution in [3.05, 3.63) is 63.7 Å². The number of anilines is 1. The normalized spacial score (nSPS) is 10.8. The van der Waals surface area contributed by atoms with Gasteiger partial charge in [0.25, 0.3) is 0 Å². The Balaban J connectivity index is 1.83. The molecule has 0 aliphatic rings. The van der Waals surface area contributed by atoms with Gasteiger partial charge in [-0.25, -0.2) is 9.78 Å². The molecule has 0 saturated heterocycles. The summed E-state index contributed by atoms with van der Waals surface area (Å²) in [5.41, 5.74) is 2.26. The Bertz CT molecular complexity index is 916. The highest BCUT2D eigenvalue weighted by Crippen LogP contribution is 2.31. The summed E-state index contributed by atoms with van der Waals surface area (Å²) < 4.78 is 5.11. The first-order valence-corrected chi connectivity index (χ1v) is 9.68. The zero-order chi connectivity index (χ0) is 18.4. The Labute approximate surface area is 159 Å². The van der Waals surface area contributed by atoms with E-state index in [9.17, 15) is 9.59 Å². The summed E-state index contributed by atoms with van der Waals surface area (Å²) in [6.45, 7) is 2.02. The number of nitrogens with zero attached hydrogens (tertiary/aromatic N) is 1. The summed E-state index contributed by atoms with van der Waals surface area (Å²) in [5.74, 6) is -0.752. The molecule has 3 aromatic rings. The molecule has 132 valence electrons. The third kappa shape index (κ3) is 4.44. The van der Waals surface area contributed by atoms with Gasteiger partial charge in [0.15, 0.2) is 5.13 Å². The fraction of sp³-hybridized carbons (Fsp3) is 0.105. The van der Waals surface area contributed by atoms with E-state index in [2.05, 4.69) is 10.3 Å². The highest BCUT2D eigenvalue weighted by molar-refractivity contribution is 7.18. The number of ether oxygens (including phenoxy) is 1. The van der Waals surface area contributed by atoms with Crippen LogP contribution in [0.3, 0.4) is 0 Å². The summed E-state index contributed by atoms with van der Waals surface area (Å²) >= 11 is 2.67. The number of rotatable bonds is 6. The molecular formula is C19H16N2O3S2. The number of amides is 1. The van der Waals surface area contributed by atoms with Gasteiger partial charge in [-0.1, -0.05) is 41.7 Å². The van der Waals surface area contributed by atoms with E-state index in [1.54, 1.807) is 24.3 Å². The van der Waals surface area contributed by atoms with Crippen LogP contribution in [0, 0.1) is 0 Å². The number of hydrogen-bond donors (Lipinski definition) is 1. The van der Waals surface area contributed by atoms with E-state index in [0.29, 0.717) is 15.7 Å². The molecule has 0 aliphatic carbocycles.